The highest BCUT2D eigenvalue weighted by atomic mass is 16.3. The van der Waals surface area contributed by atoms with Crippen molar-refractivity contribution >= 4 is 11.7 Å². The topological polar surface area (TPSA) is 87.4 Å². The third kappa shape index (κ3) is 5.59. The summed E-state index contributed by atoms with van der Waals surface area (Å²) in [6.07, 6.45) is 0.933. The zero-order chi connectivity index (χ0) is 15.1. The van der Waals surface area contributed by atoms with Gasteiger partial charge in [-0.3, -0.25) is 0 Å². The summed E-state index contributed by atoms with van der Waals surface area (Å²) in [4.78, 5) is 10.7. The zero-order valence-corrected chi connectivity index (χ0v) is 12.4. The molecule has 0 spiro atoms. The third-order valence-electron chi connectivity index (χ3n) is 3.14. The van der Waals surface area contributed by atoms with E-state index in [1.165, 1.54) is 0 Å². The fraction of sp³-hybridized carbons (Fsp3) is 0.533. The molecule has 0 fully saturated rings. The van der Waals surface area contributed by atoms with Crippen LogP contribution < -0.4 is 16.4 Å². The Labute approximate surface area is 120 Å². The van der Waals surface area contributed by atoms with Gasteiger partial charge in [-0.1, -0.05) is 26.0 Å². The maximum atomic E-state index is 10.7. The van der Waals surface area contributed by atoms with Gasteiger partial charge in [0.15, 0.2) is 0 Å². The van der Waals surface area contributed by atoms with Crippen LogP contribution in [0.15, 0.2) is 24.3 Å². The Morgan fingerprint density at radius 2 is 1.85 bits per heavy atom. The highest BCUT2D eigenvalue weighted by Gasteiger charge is 2.14. The number of primary amides is 1. The second-order valence-electron chi connectivity index (χ2n) is 5.51. The predicted octanol–water partition coefficient (Wildman–Crippen LogP) is 2.23. The lowest BCUT2D eigenvalue weighted by molar-refractivity contribution is 0.215. The molecule has 2 atom stereocenters. The zero-order valence-electron chi connectivity index (χ0n) is 12.4. The SMILES string of the molecule is CC(C)CC(CO)NC(C)c1ccc(NC(N)=O)cc1. The molecule has 112 valence electrons. The van der Waals surface area contributed by atoms with Crippen LogP contribution in [-0.2, 0) is 0 Å². The monoisotopic (exact) mass is 279 g/mol. The summed E-state index contributed by atoms with van der Waals surface area (Å²) in [6, 6.07) is 7.16. The second kappa shape index (κ2) is 7.87. The molecule has 2 amide bonds. The van der Waals surface area contributed by atoms with Crippen LogP contribution in [-0.4, -0.2) is 23.8 Å². The number of carbonyl (C=O) groups excluding carboxylic acids is 1. The lowest BCUT2D eigenvalue weighted by Gasteiger charge is -2.23. The second-order valence-corrected chi connectivity index (χ2v) is 5.51. The first kappa shape index (κ1) is 16.5. The smallest absolute Gasteiger partial charge is 0.316 e. The summed E-state index contributed by atoms with van der Waals surface area (Å²) < 4.78 is 0. The fourth-order valence-corrected chi connectivity index (χ4v) is 2.21. The standard InChI is InChI=1S/C15H25N3O2/c1-10(2)8-14(9-19)17-11(3)12-4-6-13(7-5-12)18-15(16)20/h4-7,10-11,14,17,19H,8-9H2,1-3H3,(H3,16,18,20). The van der Waals surface area contributed by atoms with Crippen molar-refractivity contribution < 1.29 is 9.90 Å². The molecule has 5 nitrogen and oxygen atoms in total. The van der Waals surface area contributed by atoms with Crippen molar-refractivity contribution in [3.05, 3.63) is 29.8 Å². The average Bonchev–Trinajstić information content (AvgIpc) is 2.37. The van der Waals surface area contributed by atoms with Gasteiger partial charge in [-0.15, -0.1) is 0 Å². The van der Waals surface area contributed by atoms with Crippen LogP contribution in [0.5, 0.6) is 0 Å². The van der Waals surface area contributed by atoms with E-state index < -0.39 is 6.03 Å². The molecule has 1 rings (SSSR count). The first-order chi connectivity index (χ1) is 9.42. The fourth-order valence-electron chi connectivity index (χ4n) is 2.21. The van der Waals surface area contributed by atoms with Gasteiger partial charge in [-0.2, -0.15) is 0 Å². The van der Waals surface area contributed by atoms with Gasteiger partial charge in [0.05, 0.1) is 6.61 Å². The number of aliphatic hydroxyl groups excluding tert-OH is 1. The van der Waals surface area contributed by atoms with Crippen LogP contribution in [0.1, 0.15) is 38.8 Å². The summed E-state index contributed by atoms with van der Waals surface area (Å²) in [5.41, 5.74) is 6.84. The molecule has 0 aliphatic heterocycles. The van der Waals surface area contributed by atoms with Crippen molar-refractivity contribution in [2.24, 2.45) is 11.7 Å². The normalized spacial score (nSPS) is 14.1. The highest BCUT2D eigenvalue weighted by Crippen LogP contribution is 2.17. The van der Waals surface area contributed by atoms with Crippen molar-refractivity contribution in [1.29, 1.82) is 0 Å². The Bertz CT molecular complexity index is 418. The average molecular weight is 279 g/mol. The largest absolute Gasteiger partial charge is 0.395 e. The van der Waals surface area contributed by atoms with Crippen molar-refractivity contribution in [1.82, 2.24) is 5.32 Å². The minimum absolute atomic E-state index is 0.0911. The van der Waals surface area contributed by atoms with E-state index in [9.17, 15) is 9.90 Å². The Kier molecular flexibility index (Phi) is 6.48. The Morgan fingerprint density at radius 1 is 1.25 bits per heavy atom. The van der Waals surface area contributed by atoms with Crippen molar-refractivity contribution in [2.75, 3.05) is 11.9 Å². The molecule has 0 aliphatic rings. The summed E-state index contributed by atoms with van der Waals surface area (Å²) in [7, 11) is 0. The Hall–Kier alpha value is -1.59. The third-order valence-corrected chi connectivity index (χ3v) is 3.14. The minimum Gasteiger partial charge on any atom is -0.395 e. The number of carbonyl (C=O) groups is 1. The van der Waals surface area contributed by atoms with Crippen molar-refractivity contribution in [3.8, 4) is 0 Å². The first-order valence-electron chi connectivity index (χ1n) is 6.95. The van der Waals surface area contributed by atoms with Crippen LogP contribution in [0.2, 0.25) is 0 Å². The van der Waals surface area contributed by atoms with Crippen LogP contribution in [0, 0.1) is 5.92 Å². The van der Waals surface area contributed by atoms with Crippen LogP contribution in [0.25, 0.3) is 0 Å². The van der Waals surface area contributed by atoms with E-state index >= 15 is 0 Å². The lowest BCUT2D eigenvalue weighted by atomic mass is 10.0. The number of urea groups is 1. The molecule has 0 aromatic heterocycles. The van der Waals surface area contributed by atoms with Gasteiger partial charge in [-0.25, -0.2) is 4.79 Å². The number of nitrogens with two attached hydrogens (primary N) is 1. The van der Waals surface area contributed by atoms with E-state index in [1.54, 1.807) is 0 Å². The molecule has 0 aliphatic carbocycles. The molecule has 1 aromatic carbocycles. The van der Waals surface area contributed by atoms with Crippen LogP contribution in [0.3, 0.4) is 0 Å². The molecular formula is C15H25N3O2. The molecule has 0 bridgehead atoms. The van der Waals surface area contributed by atoms with Gasteiger partial charge in [0.2, 0.25) is 0 Å². The molecule has 5 heteroatoms. The Morgan fingerprint density at radius 3 is 2.30 bits per heavy atom. The molecule has 0 saturated heterocycles. The maximum absolute atomic E-state index is 10.7. The molecule has 0 radical (unpaired) electrons. The number of aliphatic hydroxyl groups is 1. The maximum Gasteiger partial charge on any atom is 0.316 e. The number of benzene rings is 1. The van der Waals surface area contributed by atoms with E-state index in [4.69, 9.17) is 5.73 Å². The molecule has 20 heavy (non-hydrogen) atoms. The van der Waals surface area contributed by atoms with Crippen molar-refractivity contribution in [2.45, 2.75) is 39.3 Å². The number of hydrogen-bond donors (Lipinski definition) is 4. The van der Waals surface area contributed by atoms with Gasteiger partial charge in [-0.05, 0) is 37.0 Å². The first-order valence-corrected chi connectivity index (χ1v) is 6.95. The van der Waals surface area contributed by atoms with E-state index in [-0.39, 0.29) is 18.7 Å². The summed E-state index contributed by atoms with van der Waals surface area (Å²) >= 11 is 0. The Balaban J connectivity index is 2.62. The number of hydrogen-bond acceptors (Lipinski definition) is 3. The number of anilines is 1. The van der Waals surface area contributed by atoms with Gasteiger partial charge in [0.25, 0.3) is 0 Å². The van der Waals surface area contributed by atoms with Crippen molar-refractivity contribution in [3.63, 3.8) is 0 Å². The summed E-state index contributed by atoms with van der Waals surface area (Å²) in [6.45, 7) is 6.46. The molecule has 0 saturated carbocycles. The molecule has 1 aromatic rings. The van der Waals surface area contributed by atoms with E-state index in [2.05, 4.69) is 31.4 Å². The quantitative estimate of drug-likeness (QED) is 0.617. The predicted molar refractivity (Wildman–Crippen MR) is 81.5 cm³/mol. The van der Waals surface area contributed by atoms with E-state index in [0.717, 1.165) is 12.0 Å². The molecule has 0 heterocycles. The number of nitrogens with one attached hydrogen (secondary N) is 2. The lowest BCUT2D eigenvalue weighted by Crippen LogP contribution is -2.35. The van der Waals surface area contributed by atoms with Gasteiger partial charge in [0, 0.05) is 17.8 Å². The van der Waals surface area contributed by atoms with Crippen LogP contribution >= 0.6 is 0 Å². The van der Waals surface area contributed by atoms with Gasteiger partial charge >= 0.3 is 6.03 Å². The summed E-state index contributed by atoms with van der Waals surface area (Å²) in [5, 5.41) is 15.3. The molecule has 5 N–H and O–H groups in total. The van der Waals surface area contributed by atoms with Gasteiger partial charge in [0.1, 0.15) is 0 Å². The molecular weight excluding hydrogens is 254 g/mol. The summed E-state index contributed by atoms with van der Waals surface area (Å²) in [5.74, 6) is 0.536. The van der Waals surface area contributed by atoms with Crippen LogP contribution in [0.4, 0.5) is 10.5 Å². The van der Waals surface area contributed by atoms with Gasteiger partial charge < -0.3 is 21.5 Å². The highest BCUT2D eigenvalue weighted by molar-refractivity contribution is 5.87. The number of amides is 2. The molecule has 2 unspecified atom stereocenters. The van der Waals surface area contributed by atoms with E-state index in [1.807, 2.05) is 24.3 Å². The number of rotatable bonds is 7. The van der Waals surface area contributed by atoms with E-state index in [0.29, 0.717) is 11.6 Å². The minimum atomic E-state index is -0.568.